The molecule has 0 saturated carbocycles. The predicted molar refractivity (Wildman–Crippen MR) is 42.7 cm³/mol. The van der Waals surface area contributed by atoms with Crippen LogP contribution >= 0.6 is 0 Å². The standard InChI is InChI=1S/C6H13N3O3/c7-2-4-9-6(12)8-3-1-5(10)11/h1-4,7H2,(H,10,11)(H2,8,9,12). The van der Waals surface area contributed by atoms with E-state index >= 15 is 0 Å². The van der Waals surface area contributed by atoms with Gasteiger partial charge in [0.15, 0.2) is 0 Å². The first-order valence-electron chi connectivity index (χ1n) is 3.60. The lowest BCUT2D eigenvalue weighted by Crippen LogP contribution is -2.38. The maximum atomic E-state index is 10.7. The van der Waals surface area contributed by atoms with Crippen LogP contribution in [-0.4, -0.2) is 36.7 Å². The maximum absolute atomic E-state index is 10.7. The molecule has 6 heteroatoms. The average molecular weight is 175 g/mol. The molecule has 0 atom stereocenters. The van der Waals surface area contributed by atoms with Gasteiger partial charge in [0.1, 0.15) is 0 Å². The van der Waals surface area contributed by atoms with E-state index in [0.29, 0.717) is 13.1 Å². The zero-order chi connectivity index (χ0) is 9.40. The van der Waals surface area contributed by atoms with Crippen molar-refractivity contribution in [3.63, 3.8) is 0 Å². The van der Waals surface area contributed by atoms with Gasteiger partial charge in [-0.3, -0.25) is 4.79 Å². The van der Waals surface area contributed by atoms with Crippen LogP contribution in [0.4, 0.5) is 4.79 Å². The molecule has 2 amide bonds. The van der Waals surface area contributed by atoms with Gasteiger partial charge in [-0.2, -0.15) is 0 Å². The lowest BCUT2D eigenvalue weighted by atomic mass is 10.4. The molecule has 5 N–H and O–H groups in total. The van der Waals surface area contributed by atoms with Gasteiger partial charge in [-0.15, -0.1) is 0 Å². The number of nitrogens with one attached hydrogen (secondary N) is 2. The number of hydrogen-bond donors (Lipinski definition) is 4. The van der Waals surface area contributed by atoms with Gasteiger partial charge in [0.25, 0.3) is 0 Å². The molecule has 0 heterocycles. The lowest BCUT2D eigenvalue weighted by molar-refractivity contribution is -0.136. The third-order valence-corrected chi connectivity index (χ3v) is 1.05. The summed E-state index contributed by atoms with van der Waals surface area (Å²) in [6.07, 6.45) is -0.0734. The minimum Gasteiger partial charge on any atom is -0.481 e. The maximum Gasteiger partial charge on any atom is 0.314 e. The number of carboxylic acid groups (broad SMARTS) is 1. The van der Waals surface area contributed by atoms with Crippen molar-refractivity contribution in [3.8, 4) is 0 Å². The highest BCUT2D eigenvalue weighted by atomic mass is 16.4. The number of aliphatic carboxylic acids is 1. The number of carbonyl (C=O) groups excluding carboxylic acids is 1. The first kappa shape index (κ1) is 10.7. The third-order valence-electron chi connectivity index (χ3n) is 1.05. The summed E-state index contributed by atoms with van der Waals surface area (Å²) in [4.78, 5) is 20.7. The van der Waals surface area contributed by atoms with Crippen molar-refractivity contribution < 1.29 is 14.7 Å². The van der Waals surface area contributed by atoms with Gasteiger partial charge in [0, 0.05) is 19.6 Å². The molecular formula is C6H13N3O3. The van der Waals surface area contributed by atoms with E-state index in [1.165, 1.54) is 0 Å². The number of rotatable bonds is 5. The molecule has 0 rings (SSSR count). The van der Waals surface area contributed by atoms with Crippen molar-refractivity contribution in [2.45, 2.75) is 6.42 Å². The molecule has 6 nitrogen and oxygen atoms in total. The van der Waals surface area contributed by atoms with Crippen LogP contribution < -0.4 is 16.4 Å². The van der Waals surface area contributed by atoms with Gasteiger partial charge < -0.3 is 21.5 Å². The van der Waals surface area contributed by atoms with E-state index in [9.17, 15) is 9.59 Å². The topological polar surface area (TPSA) is 104 Å². The van der Waals surface area contributed by atoms with E-state index < -0.39 is 5.97 Å². The van der Waals surface area contributed by atoms with Crippen LogP contribution in [0, 0.1) is 0 Å². The molecule has 12 heavy (non-hydrogen) atoms. The van der Waals surface area contributed by atoms with Crippen LogP contribution in [0.1, 0.15) is 6.42 Å². The number of carboxylic acids is 1. The Labute approximate surface area is 70.1 Å². The molecule has 0 aliphatic heterocycles. The summed E-state index contributed by atoms with van der Waals surface area (Å²) in [5.41, 5.74) is 5.12. The molecule has 0 bridgehead atoms. The number of urea groups is 1. The zero-order valence-corrected chi connectivity index (χ0v) is 6.67. The highest BCUT2D eigenvalue weighted by Crippen LogP contribution is 1.74. The fraction of sp³-hybridized carbons (Fsp3) is 0.667. The second-order valence-electron chi connectivity index (χ2n) is 2.12. The molecule has 0 spiro atoms. The van der Waals surface area contributed by atoms with Crippen LogP contribution in [0.25, 0.3) is 0 Å². The van der Waals surface area contributed by atoms with E-state index in [1.807, 2.05) is 0 Å². The smallest absolute Gasteiger partial charge is 0.314 e. The number of hydrogen-bond acceptors (Lipinski definition) is 3. The Morgan fingerprint density at radius 3 is 2.33 bits per heavy atom. The molecule has 0 saturated heterocycles. The van der Waals surface area contributed by atoms with Gasteiger partial charge in [-0.05, 0) is 0 Å². The lowest BCUT2D eigenvalue weighted by Gasteiger charge is -2.03. The van der Waals surface area contributed by atoms with Crippen molar-refractivity contribution in [2.75, 3.05) is 19.6 Å². The van der Waals surface area contributed by atoms with Crippen molar-refractivity contribution in [3.05, 3.63) is 0 Å². The van der Waals surface area contributed by atoms with Crippen LogP contribution in [-0.2, 0) is 4.79 Å². The van der Waals surface area contributed by atoms with E-state index in [-0.39, 0.29) is 19.0 Å². The first-order chi connectivity index (χ1) is 5.66. The molecule has 0 aromatic heterocycles. The van der Waals surface area contributed by atoms with Gasteiger partial charge in [0.05, 0.1) is 6.42 Å². The van der Waals surface area contributed by atoms with Crippen LogP contribution in [0.5, 0.6) is 0 Å². The summed E-state index contributed by atoms with van der Waals surface area (Å²) in [6.45, 7) is 0.886. The average Bonchev–Trinajstić information content (AvgIpc) is 2.00. The summed E-state index contributed by atoms with van der Waals surface area (Å²) in [6, 6.07) is -0.387. The Morgan fingerprint density at radius 1 is 1.25 bits per heavy atom. The number of carbonyl (C=O) groups is 2. The van der Waals surface area contributed by atoms with Gasteiger partial charge in [-0.1, -0.05) is 0 Å². The monoisotopic (exact) mass is 175 g/mol. The van der Waals surface area contributed by atoms with Gasteiger partial charge in [-0.25, -0.2) is 4.79 Å². The van der Waals surface area contributed by atoms with Gasteiger partial charge in [0.2, 0.25) is 0 Å². The molecular weight excluding hydrogens is 162 g/mol. The summed E-state index contributed by atoms with van der Waals surface area (Å²) < 4.78 is 0. The van der Waals surface area contributed by atoms with Crippen LogP contribution in [0.15, 0.2) is 0 Å². The third kappa shape index (κ3) is 6.81. The molecule has 0 aliphatic carbocycles. The normalized spacial score (nSPS) is 9.08. The Morgan fingerprint density at radius 2 is 1.83 bits per heavy atom. The van der Waals surface area contributed by atoms with E-state index in [1.54, 1.807) is 0 Å². The fourth-order valence-corrected chi connectivity index (χ4v) is 0.531. The molecule has 70 valence electrons. The largest absolute Gasteiger partial charge is 0.481 e. The minimum absolute atomic E-state index is 0.0734. The zero-order valence-electron chi connectivity index (χ0n) is 6.67. The molecule has 0 aromatic rings. The van der Waals surface area contributed by atoms with Crippen molar-refractivity contribution in [1.29, 1.82) is 0 Å². The van der Waals surface area contributed by atoms with E-state index in [0.717, 1.165) is 0 Å². The Balaban J connectivity index is 3.25. The number of amides is 2. The first-order valence-corrected chi connectivity index (χ1v) is 3.60. The van der Waals surface area contributed by atoms with Crippen molar-refractivity contribution in [1.82, 2.24) is 10.6 Å². The predicted octanol–water partition coefficient (Wildman–Crippen LogP) is -1.28. The molecule has 0 unspecified atom stereocenters. The second kappa shape index (κ2) is 6.41. The summed E-state index contributed by atoms with van der Waals surface area (Å²) >= 11 is 0. The SMILES string of the molecule is NCCNC(=O)NCCC(=O)O. The Hall–Kier alpha value is -1.30. The fourth-order valence-electron chi connectivity index (χ4n) is 0.531. The van der Waals surface area contributed by atoms with E-state index in [4.69, 9.17) is 10.8 Å². The Kier molecular flexibility index (Phi) is 5.72. The highest BCUT2D eigenvalue weighted by molar-refractivity contribution is 5.74. The number of nitrogens with two attached hydrogens (primary N) is 1. The molecule has 0 radical (unpaired) electrons. The van der Waals surface area contributed by atoms with Gasteiger partial charge >= 0.3 is 12.0 Å². The summed E-state index contributed by atoms with van der Waals surface area (Å²) in [7, 11) is 0. The molecule has 0 aliphatic rings. The van der Waals surface area contributed by atoms with Crippen LogP contribution in [0.3, 0.4) is 0 Å². The second-order valence-corrected chi connectivity index (χ2v) is 2.12. The molecule has 0 fully saturated rings. The minimum atomic E-state index is -0.936. The summed E-state index contributed by atoms with van der Waals surface area (Å²) in [5, 5.41) is 13.0. The van der Waals surface area contributed by atoms with Crippen LogP contribution in [0.2, 0.25) is 0 Å². The van der Waals surface area contributed by atoms with Crippen molar-refractivity contribution >= 4 is 12.0 Å². The van der Waals surface area contributed by atoms with E-state index in [2.05, 4.69) is 10.6 Å². The highest BCUT2D eigenvalue weighted by Gasteiger charge is 1.99. The van der Waals surface area contributed by atoms with Crippen molar-refractivity contribution in [2.24, 2.45) is 5.73 Å². The molecule has 0 aromatic carbocycles. The quantitative estimate of drug-likeness (QED) is 0.417. The Bertz CT molecular complexity index is 160. The summed E-state index contributed by atoms with van der Waals surface area (Å²) in [5.74, 6) is -0.936.